The molecule has 0 bridgehead atoms. The van der Waals surface area contributed by atoms with Crippen LogP contribution in [-0.2, 0) is 13.5 Å². The van der Waals surface area contributed by atoms with Crippen molar-refractivity contribution in [1.82, 2.24) is 9.55 Å². The molecule has 1 aromatic heterocycles. The third-order valence-electron chi connectivity index (χ3n) is 3.14. The van der Waals surface area contributed by atoms with E-state index in [4.69, 9.17) is 0 Å². The maximum atomic E-state index is 4.43. The van der Waals surface area contributed by atoms with Gasteiger partial charge in [0.15, 0.2) is 0 Å². The minimum absolute atomic E-state index is 0.870. The molecule has 2 nitrogen and oxygen atoms in total. The van der Waals surface area contributed by atoms with Gasteiger partial charge < -0.3 is 4.57 Å². The molecule has 1 aliphatic rings. The number of hydrogen-bond acceptors (Lipinski definition) is 1. The molecule has 1 aromatic rings. The molecule has 1 heterocycles. The van der Waals surface area contributed by atoms with E-state index in [2.05, 4.69) is 20.9 Å². The Morgan fingerprint density at radius 2 is 2.14 bits per heavy atom. The quantitative estimate of drug-likeness (QED) is 0.794. The Bertz CT molecular complexity index is 300. The third-order valence-corrected chi connectivity index (χ3v) is 4.16. The van der Waals surface area contributed by atoms with E-state index in [0.29, 0.717) is 0 Å². The number of nitrogens with zero attached hydrogens (tertiary/aromatic N) is 2. The van der Waals surface area contributed by atoms with Gasteiger partial charge in [0.2, 0.25) is 0 Å². The Morgan fingerprint density at radius 1 is 1.43 bits per heavy atom. The first-order chi connectivity index (χ1) is 6.77. The number of aryl methyl sites for hydroxylation is 1. The topological polar surface area (TPSA) is 17.8 Å². The summed E-state index contributed by atoms with van der Waals surface area (Å²) in [5.74, 6) is 0.870. The number of rotatable bonds is 2. The van der Waals surface area contributed by atoms with Gasteiger partial charge >= 0.3 is 0 Å². The van der Waals surface area contributed by atoms with Crippen molar-refractivity contribution < 1.29 is 0 Å². The summed E-state index contributed by atoms with van der Waals surface area (Å²) in [7, 11) is 2.03. The molecule has 1 saturated carbocycles. The smallest absolute Gasteiger partial charge is 0.107 e. The first-order valence-electron chi connectivity index (χ1n) is 5.43. The lowest BCUT2D eigenvalue weighted by molar-refractivity contribution is 0.354. The van der Waals surface area contributed by atoms with Crippen molar-refractivity contribution >= 4 is 15.9 Å². The van der Waals surface area contributed by atoms with Crippen LogP contribution in [0.15, 0.2) is 10.9 Å². The highest BCUT2D eigenvalue weighted by Gasteiger charge is 2.16. The summed E-state index contributed by atoms with van der Waals surface area (Å²) >= 11 is 3.58. The molecule has 0 amide bonds. The van der Waals surface area contributed by atoms with Crippen molar-refractivity contribution in [1.29, 1.82) is 0 Å². The maximum Gasteiger partial charge on any atom is 0.107 e. The summed E-state index contributed by atoms with van der Waals surface area (Å²) in [6.45, 7) is 0. The molecule has 78 valence electrons. The molecule has 0 radical (unpaired) electrons. The molecule has 3 heteroatoms. The van der Waals surface area contributed by atoms with Gasteiger partial charge in [-0.1, -0.05) is 32.1 Å². The van der Waals surface area contributed by atoms with Crippen molar-refractivity contribution in [2.45, 2.75) is 38.5 Å². The zero-order chi connectivity index (χ0) is 9.97. The number of imidazole rings is 1. The molecule has 0 unspecified atom stereocenters. The number of hydrogen-bond donors (Lipinski definition) is 0. The summed E-state index contributed by atoms with van der Waals surface area (Å²) in [6, 6.07) is 0. The van der Waals surface area contributed by atoms with Gasteiger partial charge in [0.05, 0.1) is 12.0 Å². The first-order valence-corrected chi connectivity index (χ1v) is 6.22. The Morgan fingerprint density at radius 3 is 2.71 bits per heavy atom. The Labute approximate surface area is 93.9 Å². The molecule has 0 aliphatic heterocycles. The third kappa shape index (κ3) is 2.19. The summed E-state index contributed by atoms with van der Waals surface area (Å²) < 4.78 is 3.20. The molecule has 0 saturated heterocycles. The van der Waals surface area contributed by atoms with Gasteiger partial charge in [-0.2, -0.15) is 0 Å². The molecule has 0 N–H and O–H groups in total. The van der Waals surface area contributed by atoms with Crippen LogP contribution in [0.25, 0.3) is 0 Å². The standard InChI is InChI=1S/C11H17BrN2/c1-14-8-13-10(11(14)12)7-9-5-3-2-4-6-9/h8-9H,2-7H2,1H3. The van der Waals surface area contributed by atoms with Crippen LogP contribution in [0.5, 0.6) is 0 Å². The van der Waals surface area contributed by atoms with Crippen molar-refractivity contribution in [3.63, 3.8) is 0 Å². The van der Waals surface area contributed by atoms with E-state index in [1.165, 1.54) is 37.8 Å². The average molecular weight is 257 g/mol. The molecule has 0 spiro atoms. The molecule has 14 heavy (non-hydrogen) atoms. The van der Waals surface area contributed by atoms with Crippen LogP contribution in [0.4, 0.5) is 0 Å². The van der Waals surface area contributed by atoms with Crippen LogP contribution in [0, 0.1) is 5.92 Å². The minimum Gasteiger partial charge on any atom is -0.328 e. The monoisotopic (exact) mass is 256 g/mol. The van der Waals surface area contributed by atoms with Crippen molar-refractivity contribution in [2.24, 2.45) is 13.0 Å². The van der Waals surface area contributed by atoms with Crippen molar-refractivity contribution in [2.75, 3.05) is 0 Å². The van der Waals surface area contributed by atoms with E-state index in [1.807, 2.05) is 17.9 Å². The normalized spacial score (nSPS) is 18.7. The zero-order valence-corrected chi connectivity index (χ0v) is 10.3. The van der Waals surface area contributed by atoms with Crippen LogP contribution < -0.4 is 0 Å². The van der Waals surface area contributed by atoms with E-state index in [-0.39, 0.29) is 0 Å². The highest BCUT2D eigenvalue weighted by Crippen LogP contribution is 2.28. The second-order valence-electron chi connectivity index (χ2n) is 4.30. The van der Waals surface area contributed by atoms with Gasteiger partial charge in [0.25, 0.3) is 0 Å². The van der Waals surface area contributed by atoms with Gasteiger partial charge in [-0.3, -0.25) is 0 Å². The summed E-state index contributed by atoms with van der Waals surface area (Å²) in [4.78, 5) is 4.43. The predicted molar refractivity (Wildman–Crippen MR) is 61.2 cm³/mol. The molecule has 0 atom stereocenters. The lowest BCUT2D eigenvalue weighted by Crippen LogP contribution is -2.09. The van der Waals surface area contributed by atoms with E-state index < -0.39 is 0 Å². The minimum atomic E-state index is 0.870. The van der Waals surface area contributed by atoms with Crippen molar-refractivity contribution in [3.8, 4) is 0 Å². The van der Waals surface area contributed by atoms with E-state index >= 15 is 0 Å². The maximum absolute atomic E-state index is 4.43. The van der Waals surface area contributed by atoms with Gasteiger partial charge in [-0.05, 0) is 28.3 Å². The van der Waals surface area contributed by atoms with E-state index in [0.717, 1.165) is 16.9 Å². The Hall–Kier alpha value is -0.310. The molecule has 1 aliphatic carbocycles. The number of aromatic nitrogens is 2. The van der Waals surface area contributed by atoms with Gasteiger partial charge in [0, 0.05) is 7.05 Å². The predicted octanol–water partition coefficient (Wildman–Crippen LogP) is 3.31. The van der Waals surface area contributed by atoms with Crippen LogP contribution >= 0.6 is 15.9 Å². The lowest BCUT2D eigenvalue weighted by atomic mass is 9.86. The highest BCUT2D eigenvalue weighted by atomic mass is 79.9. The second-order valence-corrected chi connectivity index (χ2v) is 5.05. The Kier molecular flexibility index (Phi) is 3.26. The molecule has 2 rings (SSSR count). The molecule has 1 fully saturated rings. The second kappa shape index (κ2) is 4.47. The lowest BCUT2D eigenvalue weighted by Gasteiger charge is -2.20. The SMILES string of the molecule is Cn1cnc(CC2CCCCC2)c1Br. The van der Waals surface area contributed by atoms with Gasteiger partial charge in [-0.25, -0.2) is 4.98 Å². The summed E-state index contributed by atoms with van der Waals surface area (Å²) in [5, 5.41) is 0. The van der Waals surface area contributed by atoms with Crippen molar-refractivity contribution in [3.05, 3.63) is 16.6 Å². The Balaban J connectivity index is 1.99. The summed E-state index contributed by atoms with van der Waals surface area (Å²) in [5.41, 5.74) is 1.24. The van der Waals surface area contributed by atoms with E-state index in [1.54, 1.807) is 0 Å². The first kappa shape index (κ1) is 10.2. The van der Waals surface area contributed by atoms with E-state index in [9.17, 15) is 0 Å². The average Bonchev–Trinajstić information content (AvgIpc) is 2.52. The van der Waals surface area contributed by atoms with Gasteiger partial charge in [0.1, 0.15) is 4.60 Å². The fourth-order valence-electron chi connectivity index (χ4n) is 2.27. The van der Waals surface area contributed by atoms with Gasteiger partial charge in [-0.15, -0.1) is 0 Å². The number of halogens is 1. The van der Waals surface area contributed by atoms with Crippen LogP contribution in [0.3, 0.4) is 0 Å². The fourth-order valence-corrected chi connectivity index (χ4v) is 2.62. The largest absolute Gasteiger partial charge is 0.328 e. The molecule has 0 aromatic carbocycles. The molecular formula is C11H17BrN2. The highest BCUT2D eigenvalue weighted by molar-refractivity contribution is 9.10. The van der Waals surface area contributed by atoms with Crippen LogP contribution in [-0.4, -0.2) is 9.55 Å². The molecular weight excluding hydrogens is 240 g/mol. The summed E-state index contributed by atoms with van der Waals surface area (Å²) in [6.07, 6.45) is 10.1. The fraction of sp³-hybridized carbons (Fsp3) is 0.727. The van der Waals surface area contributed by atoms with Crippen LogP contribution in [0.1, 0.15) is 37.8 Å². The zero-order valence-electron chi connectivity index (χ0n) is 8.67. The van der Waals surface area contributed by atoms with Crippen LogP contribution in [0.2, 0.25) is 0 Å².